The molecule has 0 amide bonds. The Balaban J connectivity index is 2.15. The summed E-state index contributed by atoms with van der Waals surface area (Å²) in [5, 5.41) is 5.43. The molecule has 12 heavy (non-hydrogen) atoms. The first-order valence-corrected chi connectivity index (χ1v) is 6.18. The van der Waals surface area contributed by atoms with Crippen LogP contribution in [0.2, 0.25) is 0 Å². The van der Waals surface area contributed by atoms with Crippen LogP contribution in [0.4, 0.5) is 0 Å². The van der Waals surface area contributed by atoms with E-state index in [1.807, 2.05) is 0 Å². The lowest BCUT2D eigenvalue weighted by Crippen LogP contribution is -2.18. The maximum atomic E-state index is 4.12. The Labute approximate surface area is 91.1 Å². The molecule has 0 fully saturated rings. The van der Waals surface area contributed by atoms with Crippen LogP contribution in [-0.2, 0) is 6.42 Å². The van der Waals surface area contributed by atoms with Crippen LogP contribution in [0.25, 0.3) is 0 Å². The van der Waals surface area contributed by atoms with Gasteiger partial charge in [0.15, 0.2) is 0 Å². The molecule has 0 aliphatic heterocycles. The summed E-state index contributed by atoms with van der Waals surface area (Å²) in [6.07, 6.45) is 1.12. The van der Waals surface area contributed by atoms with Gasteiger partial charge in [-0.3, -0.25) is 0 Å². The quantitative estimate of drug-likeness (QED) is 0.616. The molecule has 0 spiro atoms. The molecule has 0 aliphatic carbocycles. The molecule has 1 rings (SSSR count). The molecular formula is C8H12BrNS2. The van der Waals surface area contributed by atoms with E-state index in [1.54, 1.807) is 11.3 Å². The molecule has 4 heteroatoms. The highest BCUT2D eigenvalue weighted by atomic mass is 79.9. The van der Waals surface area contributed by atoms with E-state index in [0.717, 1.165) is 25.3 Å². The zero-order chi connectivity index (χ0) is 8.81. The molecule has 1 aromatic rings. The average Bonchev–Trinajstić information content (AvgIpc) is 2.45. The van der Waals surface area contributed by atoms with Gasteiger partial charge in [0.1, 0.15) is 0 Å². The van der Waals surface area contributed by atoms with Crippen molar-refractivity contribution >= 4 is 39.9 Å². The highest BCUT2D eigenvalue weighted by Crippen LogP contribution is 2.19. The number of thiol groups is 1. The van der Waals surface area contributed by atoms with Gasteiger partial charge >= 0.3 is 0 Å². The predicted octanol–water partition coefficient (Wildman–Crippen LogP) is 2.57. The van der Waals surface area contributed by atoms with E-state index in [0.29, 0.717) is 0 Å². The largest absolute Gasteiger partial charge is 0.316 e. The maximum absolute atomic E-state index is 4.12. The summed E-state index contributed by atoms with van der Waals surface area (Å²) in [6.45, 7) is 2.04. The monoisotopic (exact) mass is 265 g/mol. The third kappa shape index (κ3) is 3.94. The second kappa shape index (κ2) is 6.02. The third-order valence-corrected chi connectivity index (χ3v) is 3.44. The number of hydrogen-bond donors (Lipinski definition) is 2. The van der Waals surface area contributed by atoms with E-state index < -0.39 is 0 Å². The van der Waals surface area contributed by atoms with Crippen LogP contribution in [0.5, 0.6) is 0 Å². The molecule has 0 saturated heterocycles. The fourth-order valence-electron chi connectivity index (χ4n) is 0.901. The third-order valence-electron chi connectivity index (χ3n) is 1.46. The van der Waals surface area contributed by atoms with Gasteiger partial charge in [-0.15, -0.1) is 11.3 Å². The van der Waals surface area contributed by atoms with E-state index in [1.165, 1.54) is 9.35 Å². The molecule has 68 valence electrons. The normalized spacial score (nSPS) is 10.5. The Morgan fingerprint density at radius 2 is 2.33 bits per heavy atom. The Hall–Kier alpha value is 0.490. The molecule has 0 unspecified atom stereocenters. The SMILES string of the molecule is SCCNCCc1cc(Br)cs1. The Morgan fingerprint density at radius 1 is 1.50 bits per heavy atom. The first kappa shape index (κ1) is 10.6. The average molecular weight is 266 g/mol. The lowest BCUT2D eigenvalue weighted by Gasteiger charge is -1.99. The van der Waals surface area contributed by atoms with Crippen LogP contribution in [-0.4, -0.2) is 18.8 Å². The standard InChI is InChI=1S/C8H12BrNS2/c9-7-5-8(12-6-7)1-2-10-3-4-11/h5-6,10-11H,1-4H2. The van der Waals surface area contributed by atoms with E-state index >= 15 is 0 Å². The number of nitrogens with one attached hydrogen (secondary N) is 1. The van der Waals surface area contributed by atoms with Gasteiger partial charge in [0, 0.05) is 27.0 Å². The van der Waals surface area contributed by atoms with Gasteiger partial charge in [-0.1, -0.05) is 0 Å². The highest BCUT2D eigenvalue weighted by Gasteiger charge is 1.95. The van der Waals surface area contributed by atoms with Gasteiger partial charge < -0.3 is 5.32 Å². The van der Waals surface area contributed by atoms with Crippen molar-refractivity contribution in [2.24, 2.45) is 0 Å². The molecule has 1 aromatic heterocycles. The van der Waals surface area contributed by atoms with Crippen LogP contribution in [0.3, 0.4) is 0 Å². The number of thiophene rings is 1. The summed E-state index contributed by atoms with van der Waals surface area (Å²) in [5.41, 5.74) is 0. The van der Waals surface area contributed by atoms with Crippen molar-refractivity contribution in [3.63, 3.8) is 0 Å². The van der Waals surface area contributed by atoms with Crippen molar-refractivity contribution < 1.29 is 0 Å². The minimum atomic E-state index is 0.911. The molecule has 1 nitrogen and oxygen atoms in total. The molecule has 0 saturated carbocycles. The second-order valence-corrected chi connectivity index (χ2v) is 4.81. The smallest absolute Gasteiger partial charge is 0.0285 e. The lowest BCUT2D eigenvalue weighted by atomic mass is 10.3. The van der Waals surface area contributed by atoms with E-state index in [4.69, 9.17) is 0 Å². The van der Waals surface area contributed by atoms with Crippen molar-refractivity contribution in [3.05, 3.63) is 20.8 Å². The molecule has 1 heterocycles. The van der Waals surface area contributed by atoms with Crippen LogP contribution in [0.15, 0.2) is 15.9 Å². The van der Waals surface area contributed by atoms with Gasteiger partial charge in [-0.05, 0) is 35.0 Å². The molecule has 0 atom stereocenters. The van der Waals surface area contributed by atoms with Crippen molar-refractivity contribution in [1.29, 1.82) is 0 Å². The van der Waals surface area contributed by atoms with E-state index in [2.05, 4.69) is 45.3 Å². The molecular weight excluding hydrogens is 254 g/mol. The number of hydrogen-bond acceptors (Lipinski definition) is 3. The van der Waals surface area contributed by atoms with Gasteiger partial charge in [-0.25, -0.2) is 0 Å². The van der Waals surface area contributed by atoms with Crippen LogP contribution in [0, 0.1) is 0 Å². The van der Waals surface area contributed by atoms with Crippen molar-refractivity contribution in [3.8, 4) is 0 Å². The summed E-state index contributed by atoms with van der Waals surface area (Å²) < 4.78 is 1.19. The van der Waals surface area contributed by atoms with Gasteiger partial charge in [-0.2, -0.15) is 12.6 Å². The van der Waals surface area contributed by atoms with Crippen LogP contribution >= 0.6 is 39.9 Å². The zero-order valence-corrected chi connectivity index (χ0v) is 10.0. The van der Waals surface area contributed by atoms with Crippen LogP contribution in [0.1, 0.15) is 4.88 Å². The molecule has 0 aromatic carbocycles. The minimum absolute atomic E-state index is 0.911. The van der Waals surface area contributed by atoms with Crippen molar-refractivity contribution in [1.82, 2.24) is 5.32 Å². The molecule has 0 radical (unpaired) electrons. The summed E-state index contributed by atoms with van der Waals surface area (Å²) in [4.78, 5) is 1.42. The summed E-state index contributed by atoms with van der Waals surface area (Å²) >= 11 is 9.35. The fraction of sp³-hybridized carbons (Fsp3) is 0.500. The summed E-state index contributed by atoms with van der Waals surface area (Å²) in [7, 11) is 0. The summed E-state index contributed by atoms with van der Waals surface area (Å²) in [6, 6.07) is 2.17. The van der Waals surface area contributed by atoms with Crippen molar-refractivity contribution in [2.45, 2.75) is 6.42 Å². The highest BCUT2D eigenvalue weighted by molar-refractivity contribution is 9.10. The fourth-order valence-corrected chi connectivity index (χ4v) is 2.51. The predicted molar refractivity (Wildman–Crippen MR) is 62.4 cm³/mol. The lowest BCUT2D eigenvalue weighted by molar-refractivity contribution is 0.726. The van der Waals surface area contributed by atoms with Crippen molar-refractivity contribution in [2.75, 3.05) is 18.8 Å². The number of rotatable bonds is 5. The minimum Gasteiger partial charge on any atom is -0.316 e. The van der Waals surface area contributed by atoms with Gasteiger partial charge in [0.05, 0.1) is 0 Å². The van der Waals surface area contributed by atoms with E-state index in [9.17, 15) is 0 Å². The van der Waals surface area contributed by atoms with E-state index in [-0.39, 0.29) is 0 Å². The van der Waals surface area contributed by atoms with Gasteiger partial charge in [0.25, 0.3) is 0 Å². The Kier molecular flexibility index (Phi) is 5.30. The topological polar surface area (TPSA) is 12.0 Å². The first-order valence-electron chi connectivity index (χ1n) is 3.87. The Bertz CT molecular complexity index is 225. The maximum Gasteiger partial charge on any atom is 0.0285 e. The molecule has 0 aliphatic rings. The Morgan fingerprint density at radius 3 is 2.92 bits per heavy atom. The number of halogens is 1. The first-order chi connectivity index (χ1) is 5.83. The summed E-state index contributed by atoms with van der Waals surface area (Å²) in [5.74, 6) is 0.911. The molecule has 1 N–H and O–H groups in total. The van der Waals surface area contributed by atoms with Crippen LogP contribution < -0.4 is 5.32 Å². The van der Waals surface area contributed by atoms with Gasteiger partial charge in [0.2, 0.25) is 0 Å². The molecule has 0 bridgehead atoms. The second-order valence-electron chi connectivity index (χ2n) is 2.45. The zero-order valence-electron chi connectivity index (χ0n) is 6.72.